The number of fused-ring (bicyclic) bond motifs is 1. The number of para-hydroxylation sites is 1. The molecule has 1 atom stereocenters. The van der Waals surface area contributed by atoms with Gasteiger partial charge in [-0.15, -0.1) is 0 Å². The summed E-state index contributed by atoms with van der Waals surface area (Å²) in [4.78, 5) is 27.2. The number of carbonyl (C=O) groups is 2. The number of urea groups is 1. The molecule has 0 bridgehead atoms. The smallest absolute Gasteiger partial charge is 0.327 e. The van der Waals surface area contributed by atoms with Crippen molar-refractivity contribution in [1.82, 2.24) is 10.2 Å². The first kappa shape index (κ1) is 12.9. The maximum Gasteiger partial charge on any atom is 0.327 e. The molecular formula is C14H17N3O3. The van der Waals surface area contributed by atoms with E-state index < -0.39 is 12.0 Å². The fraction of sp³-hybridized carbons (Fsp3) is 0.429. The highest BCUT2D eigenvalue weighted by Crippen LogP contribution is 2.33. The molecule has 2 aliphatic rings. The summed E-state index contributed by atoms with van der Waals surface area (Å²) < 4.78 is 0. The van der Waals surface area contributed by atoms with Gasteiger partial charge >= 0.3 is 12.0 Å². The van der Waals surface area contributed by atoms with Gasteiger partial charge in [-0.1, -0.05) is 18.2 Å². The highest BCUT2D eigenvalue weighted by atomic mass is 16.4. The third-order valence-electron chi connectivity index (χ3n) is 3.85. The first-order valence-corrected chi connectivity index (χ1v) is 6.78. The minimum atomic E-state index is -0.954. The van der Waals surface area contributed by atoms with E-state index in [1.807, 2.05) is 24.3 Å². The lowest BCUT2D eigenvalue weighted by molar-refractivity contribution is -0.138. The van der Waals surface area contributed by atoms with Crippen molar-refractivity contribution in [3.63, 3.8) is 0 Å². The summed E-state index contributed by atoms with van der Waals surface area (Å²) in [7, 11) is 0. The lowest BCUT2D eigenvalue weighted by atomic mass is 10.1. The number of carbonyl (C=O) groups excluding carboxylic acids is 1. The number of carboxylic acids is 1. The molecule has 2 heterocycles. The highest BCUT2D eigenvalue weighted by Gasteiger charge is 2.40. The number of aliphatic carboxylic acids is 1. The Labute approximate surface area is 117 Å². The molecule has 0 saturated carbocycles. The maximum atomic E-state index is 12.6. The van der Waals surface area contributed by atoms with Crippen LogP contribution in [-0.2, 0) is 11.2 Å². The first-order chi connectivity index (χ1) is 9.68. The van der Waals surface area contributed by atoms with Crippen molar-refractivity contribution in [3.05, 3.63) is 29.8 Å². The largest absolute Gasteiger partial charge is 0.480 e. The maximum absolute atomic E-state index is 12.6. The quantitative estimate of drug-likeness (QED) is 0.784. The zero-order valence-corrected chi connectivity index (χ0v) is 11.1. The second kappa shape index (κ2) is 5.13. The second-order valence-corrected chi connectivity index (χ2v) is 5.08. The first-order valence-electron chi connectivity index (χ1n) is 6.78. The molecule has 0 aromatic heterocycles. The number of hydrogen-bond donors (Lipinski definition) is 2. The molecule has 2 N–H and O–H groups in total. The van der Waals surface area contributed by atoms with Crippen LogP contribution in [0.5, 0.6) is 0 Å². The summed E-state index contributed by atoms with van der Waals surface area (Å²) in [5.41, 5.74) is 1.65. The molecule has 2 aliphatic heterocycles. The van der Waals surface area contributed by atoms with Gasteiger partial charge in [-0.25, -0.2) is 9.59 Å². The molecule has 6 heteroatoms. The summed E-state index contributed by atoms with van der Waals surface area (Å²) in [5.74, 6) is -0.954. The van der Waals surface area contributed by atoms with Gasteiger partial charge in [0.1, 0.15) is 6.04 Å². The van der Waals surface area contributed by atoms with Gasteiger partial charge in [0, 0.05) is 38.3 Å². The summed E-state index contributed by atoms with van der Waals surface area (Å²) in [6.07, 6.45) is 0.378. The molecule has 1 saturated heterocycles. The molecule has 0 spiro atoms. The fourth-order valence-corrected chi connectivity index (χ4v) is 2.83. The third-order valence-corrected chi connectivity index (χ3v) is 3.85. The summed E-state index contributed by atoms with van der Waals surface area (Å²) in [5, 5.41) is 12.6. The summed E-state index contributed by atoms with van der Waals surface area (Å²) in [6.45, 7) is 2.73. The van der Waals surface area contributed by atoms with Crippen LogP contribution in [-0.4, -0.2) is 54.2 Å². The number of amides is 2. The van der Waals surface area contributed by atoms with Crippen LogP contribution in [0, 0.1) is 0 Å². The van der Waals surface area contributed by atoms with Crippen molar-refractivity contribution in [3.8, 4) is 0 Å². The van der Waals surface area contributed by atoms with Gasteiger partial charge in [-0.2, -0.15) is 0 Å². The van der Waals surface area contributed by atoms with Crippen LogP contribution in [0.3, 0.4) is 0 Å². The van der Waals surface area contributed by atoms with Gasteiger partial charge in [0.25, 0.3) is 0 Å². The summed E-state index contributed by atoms with van der Waals surface area (Å²) >= 11 is 0. The number of hydrogen-bond acceptors (Lipinski definition) is 3. The Bertz CT molecular complexity index is 540. The monoisotopic (exact) mass is 275 g/mol. The van der Waals surface area contributed by atoms with E-state index in [4.69, 9.17) is 0 Å². The average molecular weight is 275 g/mol. The Kier molecular flexibility index (Phi) is 3.31. The van der Waals surface area contributed by atoms with Crippen LogP contribution in [0.15, 0.2) is 24.3 Å². The topological polar surface area (TPSA) is 72.9 Å². The Morgan fingerprint density at radius 3 is 2.60 bits per heavy atom. The standard InChI is InChI=1S/C14H17N3O3/c18-13(19)12-9-10-3-1-2-4-11(10)17(12)14(20)16-7-5-15-6-8-16/h1-4,12,15H,5-9H2,(H,18,19). The van der Waals surface area contributed by atoms with E-state index in [1.165, 1.54) is 4.90 Å². The molecule has 3 rings (SSSR count). The van der Waals surface area contributed by atoms with E-state index >= 15 is 0 Å². The number of rotatable bonds is 1. The van der Waals surface area contributed by atoms with Crippen LogP contribution in [0.4, 0.5) is 10.5 Å². The zero-order chi connectivity index (χ0) is 14.1. The Hall–Kier alpha value is -2.08. The van der Waals surface area contributed by atoms with Crippen molar-refractivity contribution >= 4 is 17.7 Å². The normalized spacial score (nSPS) is 21.7. The molecule has 1 aromatic carbocycles. The van der Waals surface area contributed by atoms with E-state index in [1.54, 1.807) is 4.90 Å². The molecule has 0 radical (unpaired) electrons. The van der Waals surface area contributed by atoms with E-state index in [-0.39, 0.29) is 6.03 Å². The van der Waals surface area contributed by atoms with Gasteiger partial charge in [-0.3, -0.25) is 4.90 Å². The van der Waals surface area contributed by atoms with Crippen LogP contribution >= 0.6 is 0 Å². The average Bonchev–Trinajstić information content (AvgIpc) is 2.87. The SMILES string of the molecule is O=C(O)C1Cc2ccccc2N1C(=O)N1CCNCC1. The predicted molar refractivity (Wildman–Crippen MR) is 73.9 cm³/mol. The van der Waals surface area contributed by atoms with Crippen LogP contribution < -0.4 is 10.2 Å². The molecule has 2 amide bonds. The minimum Gasteiger partial charge on any atom is -0.480 e. The highest BCUT2D eigenvalue weighted by molar-refractivity contribution is 6.01. The second-order valence-electron chi connectivity index (χ2n) is 5.08. The van der Waals surface area contributed by atoms with Crippen LogP contribution in [0.1, 0.15) is 5.56 Å². The van der Waals surface area contributed by atoms with Crippen molar-refractivity contribution in [2.75, 3.05) is 31.1 Å². The number of nitrogens with zero attached hydrogens (tertiary/aromatic N) is 2. The number of nitrogens with one attached hydrogen (secondary N) is 1. The lowest BCUT2D eigenvalue weighted by Gasteiger charge is -2.33. The number of anilines is 1. The Balaban J connectivity index is 1.91. The van der Waals surface area contributed by atoms with E-state index in [0.717, 1.165) is 24.3 Å². The Morgan fingerprint density at radius 2 is 1.90 bits per heavy atom. The Morgan fingerprint density at radius 1 is 1.20 bits per heavy atom. The van der Waals surface area contributed by atoms with Gasteiger partial charge in [-0.05, 0) is 11.6 Å². The predicted octanol–water partition coefficient (Wildman–Crippen LogP) is 0.528. The lowest BCUT2D eigenvalue weighted by Crippen LogP contribution is -2.54. The molecule has 106 valence electrons. The van der Waals surface area contributed by atoms with Gasteiger partial charge < -0.3 is 15.3 Å². The molecule has 1 aromatic rings. The van der Waals surface area contributed by atoms with Crippen LogP contribution in [0.25, 0.3) is 0 Å². The number of piperazine rings is 1. The van der Waals surface area contributed by atoms with E-state index in [9.17, 15) is 14.7 Å². The molecule has 1 unspecified atom stereocenters. The minimum absolute atomic E-state index is 0.205. The fourth-order valence-electron chi connectivity index (χ4n) is 2.83. The van der Waals surface area contributed by atoms with E-state index in [2.05, 4.69) is 5.32 Å². The van der Waals surface area contributed by atoms with Crippen LogP contribution in [0.2, 0.25) is 0 Å². The van der Waals surface area contributed by atoms with Crippen molar-refractivity contribution in [2.45, 2.75) is 12.5 Å². The number of carboxylic acid groups (broad SMARTS) is 1. The molecule has 1 fully saturated rings. The van der Waals surface area contributed by atoms with Gasteiger partial charge in [0.15, 0.2) is 0 Å². The number of benzene rings is 1. The molecule has 6 nitrogen and oxygen atoms in total. The van der Waals surface area contributed by atoms with Crippen molar-refractivity contribution in [2.24, 2.45) is 0 Å². The molecular weight excluding hydrogens is 258 g/mol. The van der Waals surface area contributed by atoms with Crippen molar-refractivity contribution < 1.29 is 14.7 Å². The molecule has 0 aliphatic carbocycles. The third kappa shape index (κ3) is 2.12. The zero-order valence-electron chi connectivity index (χ0n) is 11.1. The van der Waals surface area contributed by atoms with Gasteiger partial charge in [0.05, 0.1) is 0 Å². The van der Waals surface area contributed by atoms with Gasteiger partial charge in [0.2, 0.25) is 0 Å². The summed E-state index contributed by atoms with van der Waals surface area (Å²) in [6, 6.07) is 6.41. The molecule has 20 heavy (non-hydrogen) atoms. The van der Waals surface area contributed by atoms with Crippen molar-refractivity contribution in [1.29, 1.82) is 0 Å². The van der Waals surface area contributed by atoms with E-state index in [0.29, 0.717) is 19.5 Å².